The van der Waals surface area contributed by atoms with Gasteiger partial charge in [-0.1, -0.05) is 20.8 Å². The molecule has 2 nitrogen and oxygen atoms in total. The Balaban J connectivity index is 3.44. The van der Waals surface area contributed by atoms with Crippen LogP contribution in [-0.2, 0) is 5.41 Å². The number of nitrogens with zero attached hydrogens (tertiary/aromatic N) is 1. The minimum Gasteiger partial charge on any atom is -0.507 e. The normalized spacial score (nSPS) is 11.1. The SMILES string of the molecule is Cc1cc(C#N)cc(C(C)(C)C)c1O. The van der Waals surface area contributed by atoms with Gasteiger partial charge < -0.3 is 5.11 Å². The Bertz CT molecular complexity index is 394. The van der Waals surface area contributed by atoms with Crippen molar-refractivity contribution in [3.8, 4) is 11.8 Å². The highest BCUT2D eigenvalue weighted by atomic mass is 16.3. The van der Waals surface area contributed by atoms with Gasteiger partial charge in [-0.25, -0.2) is 0 Å². The quantitative estimate of drug-likeness (QED) is 0.682. The van der Waals surface area contributed by atoms with Crippen LogP contribution in [0.4, 0.5) is 0 Å². The second kappa shape index (κ2) is 3.34. The lowest BCUT2D eigenvalue weighted by molar-refractivity contribution is 0.443. The second-order valence-electron chi connectivity index (χ2n) is 4.55. The van der Waals surface area contributed by atoms with Gasteiger partial charge in [0.1, 0.15) is 5.75 Å². The Hall–Kier alpha value is -1.49. The van der Waals surface area contributed by atoms with Gasteiger partial charge in [-0.2, -0.15) is 5.26 Å². The zero-order valence-corrected chi connectivity index (χ0v) is 9.05. The Morgan fingerprint density at radius 3 is 2.29 bits per heavy atom. The molecule has 74 valence electrons. The van der Waals surface area contributed by atoms with Crippen LogP contribution in [0.5, 0.6) is 5.75 Å². The fraction of sp³-hybridized carbons (Fsp3) is 0.417. The molecule has 0 spiro atoms. The summed E-state index contributed by atoms with van der Waals surface area (Å²) in [5.74, 6) is 0.302. The molecule has 0 atom stereocenters. The van der Waals surface area contributed by atoms with Gasteiger partial charge in [-0.05, 0) is 30.0 Å². The number of aromatic hydroxyl groups is 1. The molecule has 0 bridgehead atoms. The summed E-state index contributed by atoms with van der Waals surface area (Å²) in [4.78, 5) is 0. The van der Waals surface area contributed by atoms with Gasteiger partial charge in [0.25, 0.3) is 0 Å². The molecule has 1 rings (SSSR count). The van der Waals surface area contributed by atoms with Crippen LogP contribution in [0.25, 0.3) is 0 Å². The number of rotatable bonds is 0. The molecule has 0 aromatic heterocycles. The van der Waals surface area contributed by atoms with Crippen molar-refractivity contribution in [2.24, 2.45) is 0 Å². The summed E-state index contributed by atoms with van der Waals surface area (Å²) >= 11 is 0. The van der Waals surface area contributed by atoms with E-state index < -0.39 is 0 Å². The molecular formula is C12H15NO. The van der Waals surface area contributed by atoms with Crippen LogP contribution in [0.2, 0.25) is 0 Å². The molecule has 1 N–H and O–H groups in total. The molecule has 2 heteroatoms. The zero-order valence-electron chi connectivity index (χ0n) is 9.05. The Morgan fingerprint density at radius 1 is 1.29 bits per heavy atom. The zero-order chi connectivity index (χ0) is 10.9. The number of benzene rings is 1. The molecule has 0 saturated carbocycles. The average Bonchev–Trinajstić information content (AvgIpc) is 2.07. The number of aryl methyl sites for hydroxylation is 1. The van der Waals surface area contributed by atoms with E-state index in [1.165, 1.54) is 0 Å². The number of nitriles is 1. The van der Waals surface area contributed by atoms with Crippen LogP contribution in [0, 0.1) is 18.3 Å². The summed E-state index contributed by atoms with van der Waals surface area (Å²) in [5, 5.41) is 18.7. The van der Waals surface area contributed by atoms with E-state index in [1.807, 2.05) is 27.7 Å². The molecule has 0 aliphatic heterocycles. The van der Waals surface area contributed by atoms with Crippen molar-refractivity contribution in [1.82, 2.24) is 0 Å². The first kappa shape index (κ1) is 10.6. The molecule has 1 aromatic rings. The maximum atomic E-state index is 9.84. The highest BCUT2D eigenvalue weighted by Crippen LogP contribution is 2.33. The maximum absolute atomic E-state index is 9.84. The molecule has 0 saturated heterocycles. The number of hydrogen-bond donors (Lipinski definition) is 1. The minimum atomic E-state index is -0.137. The van der Waals surface area contributed by atoms with Gasteiger partial charge in [0.05, 0.1) is 11.6 Å². The van der Waals surface area contributed by atoms with E-state index in [1.54, 1.807) is 12.1 Å². The number of hydrogen-bond acceptors (Lipinski definition) is 2. The second-order valence-corrected chi connectivity index (χ2v) is 4.55. The maximum Gasteiger partial charge on any atom is 0.122 e. The largest absolute Gasteiger partial charge is 0.507 e. The summed E-state index contributed by atoms with van der Waals surface area (Å²) in [7, 11) is 0. The molecule has 0 unspecified atom stereocenters. The van der Waals surface area contributed by atoms with Crippen LogP contribution in [0.1, 0.15) is 37.5 Å². The highest BCUT2D eigenvalue weighted by Gasteiger charge is 2.19. The summed E-state index contributed by atoms with van der Waals surface area (Å²) in [6.07, 6.45) is 0. The van der Waals surface area contributed by atoms with E-state index in [0.717, 1.165) is 11.1 Å². The van der Waals surface area contributed by atoms with E-state index in [-0.39, 0.29) is 5.41 Å². The predicted molar refractivity (Wildman–Crippen MR) is 56.3 cm³/mol. The first-order valence-corrected chi connectivity index (χ1v) is 4.60. The van der Waals surface area contributed by atoms with Crippen molar-refractivity contribution >= 4 is 0 Å². The van der Waals surface area contributed by atoms with Gasteiger partial charge in [0.15, 0.2) is 0 Å². The summed E-state index contributed by atoms with van der Waals surface area (Å²) in [6, 6.07) is 5.55. The molecule has 0 heterocycles. The van der Waals surface area contributed by atoms with Crippen molar-refractivity contribution in [3.05, 3.63) is 28.8 Å². The van der Waals surface area contributed by atoms with Gasteiger partial charge in [0, 0.05) is 5.56 Å². The lowest BCUT2D eigenvalue weighted by Crippen LogP contribution is -2.12. The molecule has 0 aliphatic carbocycles. The average molecular weight is 189 g/mol. The van der Waals surface area contributed by atoms with E-state index >= 15 is 0 Å². The van der Waals surface area contributed by atoms with E-state index in [2.05, 4.69) is 6.07 Å². The molecule has 14 heavy (non-hydrogen) atoms. The van der Waals surface area contributed by atoms with Crippen LogP contribution in [0.15, 0.2) is 12.1 Å². The van der Waals surface area contributed by atoms with Crippen molar-refractivity contribution in [2.75, 3.05) is 0 Å². The fourth-order valence-electron chi connectivity index (χ4n) is 1.42. The molecule has 0 amide bonds. The third-order valence-electron chi connectivity index (χ3n) is 2.24. The lowest BCUT2D eigenvalue weighted by atomic mass is 9.84. The summed E-state index contributed by atoms with van der Waals surface area (Å²) in [5.41, 5.74) is 2.05. The number of phenols is 1. The first-order chi connectivity index (χ1) is 6.36. The fourth-order valence-corrected chi connectivity index (χ4v) is 1.42. The summed E-state index contributed by atoms with van der Waals surface area (Å²) in [6.45, 7) is 7.86. The van der Waals surface area contributed by atoms with Crippen LogP contribution >= 0.6 is 0 Å². The third kappa shape index (κ3) is 1.88. The molecule has 0 radical (unpaired) electrons. The highest BCUT2D eigenvalue weighted by molar-refractivity contribution is 5.49. The summed E-state index contributed by atoms with van der Waals surface area (Å²) < 4.78 is 0. The number of phenolic OH excluding ortho intramolecular Hbond substituents is 1. The van der Waals surface area contributed by atoms with E-state index in [0.29, 0.717) is 11.3 Å². The van der Waals surface area contributed by atoms with E-state index in [4.69, 9.17) is 5.26 Å². The third-order valence-corrected chi connectivity index (χ3v) is 2.24. The van der Waals surface area contributed by atoms with Gasteiger partial charge in [-0.15, -0.1) is 0 Å². The van der Waals surface area contributed by atoms with Gasteiger partial charge in [-0.3, -0.25) is 0 Å². The monoisotopic (exact) mass is 189 g/mol. The van der Waals surface area contributed by atoms with Crippen molar-refractivity contribution in [3.63, 3.8) is 0 Å². The standard InChI is InChI=1S/C12H15NO/c1-8-5-9(7-13)6-10(11(8)14)12(2,3)4/h5-6,14H,1-4H3. The minimum absolute atomic E-state index is 0.137. The van der Waals surface area contributed by atoms with Gasteiger partial charge in [0.2, 0.25) is 0 Å². The molecule has 1 aromatic carbocycles. The van der Waals surface area contributed by atoms with Crippen molar-refractivity contribution in [1.29, 1.82) is 5.26 Å². The van der Waals surface area contributed by atoms with Crippen molar-refractivity contribution < 1.29 is 5.11 Å². The van der Waals surface area contributed by atoms with Gasteiger partial charge >= 0.3 is 0 Å². The Kier molecular flexibility index (Phi) is 2.53. The van der Waals surface area contributed by atoms with Crippen molar-refractivity contribution in [2.45, 2.75) is 33.1 Å². The molecule has 0 aliphatic rings. The van der Waals surface area contributed by atoms with E-state index in [9.17, 15) is 5.11 Å². The lowest BCUT2D eigenvalue weighted by Gasteiger charge is -2.21. The predicted octanol–water partition coefficient (Wildman–Crippen LogP) is 2.87. The first-order valence-electron chi connectivity index (χ1n) is 4.60. The molecular weight excluding hydrogens is 174 g/mol. The Labute approximate surface area is 84.8 Å². The smallest absolute Gasteiger partial charge is 0.122 e. The van der Waals surface area contributed by atoms with Crippen LogP contribution < -0.4 is 0 Å². The van der Waals surface area contributed by atoms with Crippen LogP contribution in [0.3, 0.4) is 0 Å². The Morgan fingerprint density at radius 2 is 1.86 bits per heavy atom. The topological polar surface area (TPSA) is 44.0 Å². The molecule has 0 fully saturated rings. The van der Waals surface area contributed by atoms with Crippen LogP contribution in [-0.4, -0.2) is 5.11 Å².